The summed E-state index contributed by atoms with van der Waals surface area (Å²) in [7, 11) is 1.46. The molecule has 0 radical (unpaired) electrons. The Balaban J connectivity index is 1.52. The van der Waals surface area contributed by atoms with Crippen LogP contribution in [-0.4, -0.2) is 37.7 Å². The predicted octanol–water partition coefficient (Wildman–Crippen LogP) is 3.76. The van der Waals surface area contributed by atoms with Gasteiger partial charge in [-0.2, -0.15) is 5.10 Å². The van der Waals surface area contributed by atoms with Gasteiger partial charge in [0.15, 0.2) is 18.1 Å². The SMILES string of the molecule is COc1cc(/C=N\NC(=O)C(=O)Nc2cccc(Cl)c2)ccc1OCC(=O)Nc1cccc(C)c1. The number of methoxy groups -OCH3 is 1. The van der Waals surface area contributed by atoms with Crippen LogP contribution in [0.5, 0.6) is 11.5 Å². The number of hydrogen-bond acceptors (Lipinski definition) is 6. The number of nitrogens with zero attached hydrogens (tertiary/aromatic N) is 1. The van der Waals surface area contributed by atoms with Gasteiger partial charge in [-0.3, -0.25) is 14.4 Å². The second-order valence-electron chi connectivity index (χ2n) is 7.28. The summed E-state index contributed by atoms with van der Waals surface area (Å²) in [4.78, 5) is 36.1. The number of ether oxygens (including phenoxy) is 2. The summed E-state index contributed by atoms with van der Waals surface area (Å²) in [5, 5.41) is 9.39. The van der Waals surface area contributed by atoms with Gasteiger partial charge < -0.3 is 20.1 Å². The summed E-state index contributed by atoms with van der Waals surface area (Å²) in [6.07, 6.45) is 1.33. The minimum absolute atomic E-state index is 0.213. The lowest BCUT2D eigenvalue weighted by atomic mass is 10.2. The molecule has 35 heavy (non-hydrogen) atoms. The summed E-state index contributed by atoms with van der Waals surface area (Å²) in [5.74, 6) is -1.44. The molecule has 3 amide bonds. The maximum Gasteiger partial charge on any atom is 0.329 e. The Morgan fingerprint density at radius 1 is 0.914 bits per heavy atom. The van der Waals surface area contributed by atoms with E-state index in [4.69, 9.17) is 21.1 Å². The zero-order valence-electron chi connectivity index (χ0n) is 19.0. The lowest BCUT2D eigenvalue weighted by Crippen LogP contribution is -2.32. The molecule has 0 atom stereocenters. The van der Waals surface area contributed by atoms with Gasteiger partial charge in [-0.25, -0.2) is 5.43 Å². The van der Waals surface area contributed by atoms with Crippen LogP contribution in [0.2, 0.25) is 5.02 Å². The van der Waals surface area contributed by atoms with E-state index in [-0.39, 0.29) is 12.5 Å². The van der Waals surface area contributed by atoms with Gasteiger partial charge in [0.1, 0.15) is 0 Å². The molecule has 180 valence electrons. The average Bonchev–Trinajstić information content (AvgIpc) is 2.83. The largest absolute Gasteiger partial charge is 0.493 e. The van der Waals surface area contributed by atoms with Crippen molar-refractivity contribution in [3.8, 4) is 11.5 Å². The molecule has 0 saturated carbocycles. The molecule has 10 heteroatoms. The lowest BCUT2D eigenvalue weighted by Gasteiger charge is -2.11. The molecular formula is C25H23ClN4O5. The molecule has 3 rings (SSSR count). The highest BCUT2D eigenvalue weighted by Crippen LogP contribution is 2.27. The normalized spacial score (nSPS) is 10.5. The van der Waals surface area contributed by atoms with E-state index < -0.39 is 11.8 Å². The van der Waals surface area contributed by atoms with Gasteiger partial charge in [-0.15, -0.1) is 0 Å². The van der Waals surface area contributed by atoms with E-state index in [9.17, 15) is 14.4 Å². The number of benzene rings is 3. The number of rotatable bonds is 8. The highest BCUT2D eigenvalue weighted by atomic mass is 35.5. The Hall–Kier alpha value is -4.37. The average molecular weight is 495 g/mol. The van der Waals surface area contributed by atoms with Crippen LogP contribution in [0, 0.1) is 6.92 Å². The number of halogens is 1. The Bertz CT molecular complexity index is 1260. The summed E-state index contributed by atoms with van der Waals surface area (Å²) in [6.45, 7) is 1.72. The Kier molecular flexibility index (Phi) is 8.80. The van der Waals surface area contributed by atoms with Crippen molar-refractivity contribution in [3.63, 3.8) is 0 Å². The van der Waals surface area contributed by atoms with Gasteiger partial charge in [0.2, 0.25) is 0 Å². The summed E-state index contributed by atoms with van der Waals surface area (Å²) >= 11 is 5.85. The number of carbonyl (C=O) groups is 3. The van der Waals surface area contributed by atoms with Gasteiger partial charge in [-0.1, -0.05) is 29.8 Å². The van der Waals surface area contributed by atoms with Crippen LogP contribution in [0.4, 0.5) is 11.4 Å². The molecule has 0 aliphatic heterocycles. The van der Waals surface area contributed by atoms with Gasteiger partial charge in [-0.05, 0) is 66.6 Å². The molecule has 0 fully saturated rings. The monoisotopic (exact) mass is 494 g/mol. The number of carbonyl (C=O) groups excluding carboxylic acids is 3. The predicted molar refractivity (Wildman–Crippen MR) is 134 cm³/mol. The highest BCUT2D eigenvalue weighted by molar-refractivity contribution is 6.39. The van der Waals surface area contributed by atoms with Crippen LogP contribution in [0.25, 0.3) is 0 Å². The number of aryl methyl sites for hydroxylation is 1. The van der Waals surface area contributed by atoms with Crippen LogP contribution >= 0.6 is 11.6 Å². The van der Waals surface area contributed by atoms with Crippen LogP contribution in [0.1, 0.15) is 11.1 Å². The van der Waals surface area contributed by atoms with Crippen molar-refractivity contribution < 1.29 is 23.9 Å². The van der Waals surface area contributed by atoms with E-state index >= 15 is 0 Å². The van der Waals surface area contributed by atoms with E-state index in [0.29, 0.717) is 33.5 Å². The molecule has 0 heterocycles. The minimum atomic E-state index is -0.951. The van der Waals surface area contributed by atoms with E-state index in [2.05, 4.69) is 21.2 Å². The second-order valence-corrected chi connectivity index (χ2v) is 7.72. The van der Waals surface area contributed by atoms with Crippen LogP contribution in [0.15, 0.2) is 71.8 Å². The third-order valence-corrected chi connectivity index (χ3v) is 4.75. The van der Waals surface area contributed by atoms with Crippen molar-refractivity contribution in [2.24, 2.45) is 5.10 Å². The fourth-order valence-electron chi connectivity index (χ4n) is 2.92. The fourth-order valence-corrected chi connectivity index (χ4v) is 3.11. The van der Waals surface area contributed by atoms with Gasteiger partial charge >= 0.3 is 11.8 Å². The maximum absolute atomic E-state index is 12.2. The van der Waals surface area contributed by atoms with Crippen LogP contribution < -0.4 is 25.5 Å². The molecule has 3 aromatic carbocycles. The Morgan fingerprint density at radius 3 is 2.37 bits per heavy atom. The van der Waals surface area contributed by atoms with Crippen molar-refractivity contribution in [1.82, 2.24) is 5.43 Å². The van der Waals surface area contributed by atoms with E-state index in [1.807, 2.05) is 25.1 Å². The van der Waals surface area contributed by atoms with E-state index in [1.165, 1.54) is 19.4 Å². The summed E-state index contributed by atoms with van der Waals surface area (Å²) in [5.41, 5.74) is 4.80. The first-order valence-electron chi connectivity index (χ1n) is 10.4. The highest BCUT2D eigenvalue weighted by Gasteiger charge is 2.13. The summed E-state index contributed by atoms with van der Waals surface area (Å²) in [6, 6.07) is 18.7. The zero-order valence-corrected chi connectivity index (χ0v) is 19.8. The maximum atomic E-state index is 12.2. The quantitative estimate of drug-likeness (QED) is 0.250. The number of anilines is 2. The minimum Gasteiger partial charge on any atom is -0.493 e. The molecule has 9 nitrogen and oxygen atoms in total. The molecule has 0 saturated heterocycles. The molecular weight excluding hydrogens is 472 g/mol. The molecule has 0 aromatic heterocycles. The zero-order chi connectivity index (χ0) is 25.2. The van der Waals surface area contributed by atoms with Crippen molar-refractivity contribution in [2.75, 3.05) is 24.4 Å². The smallest absolute Gasteiger partial charge is 0.329 e. The van der Waals surface area contributed by atoms with Gasteiger partial charge in [0, 0.05) is 16.4 Å². The van der Waals surface area contributed by atoms with Crippen LogP contribution in [-0.2, 0) is 14.4 Å². The van der Waals surface area contributed by atoms with Crippen molar-refractivity contribution >= 4 is 46.9 Å². The number of hydrazone groups is 1. The molecule has 3 N–H and O–H groups in total. The first kappa shape index (κ1) is 25.3. The lowest BCUT2D eigenvalue weighted by molar-refractivity contribution is -0.136. The third kappa shape index (κ3) is 7.86. The molecule has 0 spiro atoms. The van der Waals surface area contributed by atoms with Gasteiger partial charge in [0.25, 0.3) is 5.91 Å². The number of hydrogen-bond donors (Lipinski definition) is 3. The number of nitrogens with one attached hydrogen (secondary N) is 3. The first-order chi connectivity index (χ1) is 16.8. The Morgan fingerprint density at radius 2 is 1.66 bits per heavy atom. The summed E-state index contributed by atoms with van der Waals surface area (Å²) < 4.78 is 10.9. The molecule has 3 aromatic rings. The van der Waals surface area contributed by atoms with Crippen molar-refractivity contribution in [3.05, 3.63) is 82.9 Å². The Labute approximate surface area is 207 Å². The molecule has 0 aliphatic carbocycles. The molecule has 0 aliphatic rings. The number of amides is 3. The second kappa shape index (κ2) is 12.2. The van der Waals surface area contributed by atoms with Gasteiger partial charge in [0.05, 0.1) is 13.3 Å². The van der Waals surface area contributed by atoms with Crippen molar-refractivity contribution in [2.45, 2.75) is 6.92 Å². The van der Waals surface area contributed by atoms with Crippen molar-refractivity contribution in [1.29, 1.82) is 0 Å². The first-order valence-corrected chi connectivity index (χ1v) is 10.8. The molecule has 0 unspecified atom stereocenters. The fraction of sp³-hybridized carbons (Fsp3) is 0.120. The standard InChI is InChI=1S/C25H23ClN4O5/c1-16-5-3-7-19(11-16)28-23(31)15-35-21-10-9-17(12-22(21)34-2)14-27-30-25(33)24(32)29-20-8-4-6-18(26)13-20/h3-14H,15H2,1-2H3,(H,28,31)(H,29,32)(H,30,33)/b27-14-. The topological polar surface area (TPSA) is 118 Å². The third-order valence-electron chi connectivity index (χ3n) is 4.52. The van der Waals surface area contributed by atoms with E-state index in [0.717, 1.165) is 5.56 Å². The molecule has 0 bridgehead atoms. The van der Waals surface area contributed by atoms with E-state index in [1.54, 1.807) is 42.5 Å². The van der Waals surface area contributed by atoms with Crippen LogP contribution in [0.3, 0.4) is 0 Å².